The Kier molecular flexibility index (Phi) is 3.41. The molecule has 0 aliphatic heterocycles. The maximum absolute atomic E-state index is 5.63. The molecule has 0 radical (unpaired) electrons. The van der Waals surface area contributed by atoms with Crippen molar-refractivity contribution in [3.63, 3.8) is 0 Å². The van der Waals surface area contributed by atoms with Crippen LogP contribution in [0.25, 0.3) is 0 Å². The molecular formula is C12H21N3. The third-order valence-electron chi connectivity index (χ3n) is 3.40. The van der Waals surface area contributed by atoms with Crippen molar-refractivity contribution < 1.29 is 0 Å². The summed E-state index contributed by atoms with van der Waals surface area (Å²) in [7, 11) is 0. The third kappa shape index (κ3) is 2.23. The van der Waals surface area contributed by atoms with Gasteiger partial charge >= 0.3 is 0 Å². The highest BCUT2D eigenvalue weighted by molar-refractivity contribution is 5.07. The molecule has 1 aromatic rings. The van der Waals surface area contributed by atoms with Crippen LogP contribution in [0.3, 0.4) is 0 Å². The van der Waals surface area contributed by atoms with Crippen molar-refractivity contribution >= 4 is 0 Å². The fraction of sp³-hybridized carbons (Fsp3) is 0.750. The molecule has 84 valence electrons. The normalized spacial score (nSPS) is 18.3. The Morgan fingerprint density at radius 3 is 2.80 bits per heavy atom. The Morgan fingerprint density at radius 1 is 1.40 bits per heavy atom. The summed E-state index contributed by atoms with van der Waals surface area (Å²) < 4.78 is 2.42. The molecule has 2 N–H and O–H groups in total. The Labute approximate surface area is 91.7 Å². The van der Waals surface area contributed by atoms with Crippen molar-refractivity contribution in [2.75, 3.05) is 6.54 Å². The molecule has 0 aromatic carbocycles. The van der Waals surface area contributed by atoms with E-state index in [2.05, 4.69) is 16.5 Å². The topological polar surface area (TPSA) is 43.8 Å². The SMILES string of the molecule is Cc1ncc(CCN)n1C1CCCCC1. The molecule has 0 unspecified atom stereocenters. The van der Waals surface area contributed by atoms with Gasteiger partial charge in [-0.2, -0.15) is 0 Å². The molecule has 0 atom stereocenters. The minimum Gasteiger partial charge on any atom is -0.330 e. The highest BCUT2D eigenvalue weighted by Crippen LogP contribution is 2.30. The monoisotopic (exact) mass is 207 g/mol. The zero-order valence-corrected chi connectivity index (χ0v) is 9.58. The molecule has 1 heterocycles. The molecule has 1 saturated carbocycles. The van der Waals surface area contributed by atoms with Gasteiger partial charge in [-0.3, -0.25) is 0 Å². The summed E-state index contributed by atoms with van der Waals surface area (Å²) in [5.41, 5.74) is 6.95. The number of rotatable bonds is 3. The summed E-state index contributed by atoms with van der Waals surface area (Å²) in [5.74, 6) is 1.16. The predicted molar refractivity (Wildman–Crippen MR) is 61.8 cm³/mol. The van der Waals surface area contributed by atoms with Crippen LogP contribution in [0.1, 0.15) is 49.7 Å². The van der Waals surface area contributed by atoms with Crippen molar-refractivity contribution in [2.45, 2.75) is 51.5 Å². The van der Waals surface area contributed by atoms with Gasteiger partial charge in [0.1, 0.15) is 5.82 Å². The van der Waals surface area contributed by atoms with Crippen LogP contribution in [0.4, 0.5) is 0 Å². The van der Waals surface area contributed by atoms with Gasteiger partial charge in [0, 0.05) is 24.4 Å². The highest BCUT2D eigenvalue weighted by Gasteiger charge is 2.19. The predicted octanol–water partition coefficient (Wildman–Crippen LogP) is 2.20. The molecule has 0 amide bonds. The maximum Gasteiger partial charge on any atom is 0.105 e. The first-order valence-electron chi connectivity index (χ1n) is 6.05. The zero-order chi connectivity index (χ0) is 10.7. The average Bonchev–Trinajstić information content (AvgIpc) is 2.62. The molecule has 0 saturated heterocycles. The summed E-state index contributed by atoms with van der Waals surface area (Å²) in [4.78, 5) is 4.42. The number of imidazole rings is 1. The van der Waals surface area contributed by atoms with Gasteiger partial charge in [-0.15, -0.1) is 0 Å². The van der Waals surface area contributed by atoms with E-state index in [1.165, 1.54) is 37.8 Å². The summed E-state index contributed by atoms with van der Waals surface area (Å²) in [6.07, 6.45) is 9.71. The lowest BCUT2D eigenvalue weighted by Gasteiger charge is -2.26. The smallest absolute Gasteiger partial charge is 0.105 e. The van der Waals surface area contributed by atoms with Gasteiger partial charge in [0.05, 0.1) is 0 Å². The van der Waals surface area contributed by atoms with E-state index in [0.29, 0.717) is 6.04 Å². The van der Waals surface area contributed by atoms with Gasteiger partial charge in [-0.1, -0.05) is 19.3 Å². The first kappa shape index (κ1) is 10.7. The highest BCUT2D eigenvalue weighted by atomic mass is 15.1. The van der Waals surface area contributed by atoms with Crippen LogP contribution in [0, 0.1) is 6.92 Å². The van der Waals surface area contributed by atoms with E-state index in [0.717, 1.165) is 18.8 Å². The number of aryl methyl sites for hydroxylation is 1. The lowest BCUT2D eigenvalue weighted by atomic mass is 9.95. The molecule has 2 rings (SSSR count). The second-order valence-corrected chi connectivity index (χ2v) is 4.50. The fourth-order valence-electron chi connectivity index (χ4n) is 2.67. The van der Waals surface area contributed by atoms with Gasteiger partial charge in [0.2, 0.25) is 0 Å². The molecule has 1 aromatic heterocycles. The third-order valence-corrected chi connectivity index (χ3v) is 3.40. The van der Waals surface area contributed by atoms with Crippen LogP contribution in [0.2, 0.25) is 0 Å². The summed E-state index contributed by atoms with van der Waals surface area (Å²) in [5, 5.41) is 0. The molecule has 0 bridgehead atoms. The second kappa shape index (κ2) is 4.79. The Bertz CT molecular complexity index is 311. The molecule has 3 heteroatoms. The van der Waals surface area contributed by atoms with Crippen LogP contribution in [-0.4, -0.2) is 16.1 Å². The molecule has 1 fully saturated rings. The summed E-state index contributed by atoms with van der Waals surface area (Å²) >= 11 is 0. The van der Waals surface area contributed by atoms with Gasteiger partial charge in [-0.25, -0.2) is 4.98 Å². The average molecular weight is 207 g/mol. The van der Waals surface area contributed by atoms with Crippen molar-refractivity contribution in [1.82, 2.24) is 9.55 Å². The molecule has 1 aliphatic rings. The van der Waals surface area contributed by atoms with Crippen molar-refractivity contribution in [2.24, 2.45) is 5.73 Å². The quantitative estimate of drug-likeness (QED) is 0.825. The van der Waals surface area contributed by atoms with E-state index in [-0.39, 0.29) is 0 Å². The molecule has 0 spiro atoms. The van der Waals surface area contributed by atoms with Crippen molar-refractivity contribution in [1.29, 1.82) is 0 Å². The van der Waals surface area contributed by atoms with Crippen LogP contribution in [0.15, 0.2) is 6.20 Å². The zero-order valence-electron chi connectivity index (χ0n) is 9.58. The van der Waals surface area contributed by atoms with E-state index in [4.69, 9.17) is 5.73 Å². The Morgan fingerprint density at radius 2 is 2.13 bits per heavy atom. The molecule has 1 aliphatic carbocycles. The van der Waals surface area contributed by atoms with E-state index < -0.39 is 0 Å². The minimum atomic E-state index is 0.683. The van der Waals surface area contributed by atoms with E-state index in [1.807, 2.05) is 6.20 Å². The number of hydrogen-bond donors (Lipinski definition) is 1. The fourth-order valence-corrected chi connectivity index (χ4v) is 2.67. The lowest BCUT2D eigenvalue weighted by Crippen LogP contribution is -2.18. The van der Waals surface area contributed by atoms with Gasteiger partial charge in [0.25, 0.3) is 0 Å². The number of hydrogen-bond acceptors (Lipinski definition) is 2. The van der Waals surface area contributed by atoms with E-state index in [9.17, 15) is 0 Å². The van der Waals surface area contributed by atoms with Gasteiger partial charge in [0.15, 0.2) is 0 Å². The number of nitrogens with two attached hydrogens (primary N) is 1. The Hall–Kier alpha value is -0.830. The molecule has 15 heavy (non-hydrogen) atoms. The minimum absolute atomic E-state index is 0.683. The van der Waals surface area contributed by atoms with Crippen LogP contribution < -0.4 is 5.73 Å². The largest absolute Gasteiger partial charge is 0.330 e. The molecular weight excluding hydrogens is 186 g/mol. The first-order valence-corrected chi connectivity index (χ1v) is 6.05. The summed E-state index contributed by atoms with van der Waals surface area (Å²) in [6.45, 7) is 2.83. The molecule has 3 nitrogen and oxygen atoms in total. The summed E-state index contributed by atoms with van der Waals surface area (Å²) in [6, 6.07) is 0.683. The van der Waals surface area contributed by atoms with Crippen LogP contribution in [0.5, 0.6) is 0 Å². The van der Waals surface area contributed by atoms with E-state index >= 15 is 0 Å². The number of aromatic nitrogens is 2. The Balaban J connectivity index is 2.19. The van der Waals surface area contributed by atoms with Gasteiger partial charge in [-0.05, 0) is 26.3 Å². The number of nitrogens with zero attached hydrogens (tertiary/aromatic N) is 2. The first-order chi connectivity index (χ1) is 7.33. The van der Waals surface area contributed by atoms with Gasteiger partial charge < -0.3 is 10.3 Å². The lowest BCUT2D eigenvalue weighted by molar-refractivity contribution is 0.342. The van der Waals surface area contributed by atoms with Crippen molar-refractivity contribution in [3.8, 4) is 0 Å². The van der Waals surface area contributed by atoms with Crippen molar-refractivity contribution in [3.05, 3.63) is 17.7 Å². The second-order valence-electron chi connectivity index (χ2n) is 4.50. The maximum atomic E-state index is 5.63. The van der Waals surface area contributed by atoms with Crippen LogP contribution >= 0.6 is 0 Å². The van der Waals surface area contributed by atoms with Crippen LogP contribution in [-0.2, 0) is 6.42 Å². The van der Waals surface area contributed by atoms with E-state index in [1.54, 1.807) is 0 Å². The standard InChI is InChI=1S/C12H21N3/c1-10-14-9-12(7-8-13)15(10)11-5-3-2-4-6-11/h9,11H,2-8,13H2,1H3.